The van der Waals surface area contributed by atoms with E-state index in [4.69, 9.17) is 5.73 Å². The van der Waals surface area contributed by atoms with Crippen molar-refractivity contribution < 1.29 is 4.79 Å². The molecule has 0 saturated carbocycles. The van der Waals surface area contributed by atoms with E-state index in [1.807, 2.05) is 18.9 Å². The van der Waals surface area contributed by atoms with Crippen LogP contribution in [0.4, 0.5) is 0 Å². The highest BCUT2D eigenvalue weighted by molar-refractivity contribution is 5.85. The highest BCUT2D eigenvalue weighted by atomic mass is 35.5. The topological polar surface area (TPSA) is 49.6 Å². The standard InChI is InChI=1S/C18H29N3O.2ClH/c1-4-17(19)18(22)20(3)16-10-11-21(14(2)12-16)13-15-8-6-5-7-9-15;;/h5-9,14,16-17H,4,10-13,19H2,1-3H3;2*1H/t14?,16?,17-;;/m0../s1. The lowest BCUT2D eigenvalue weighted by Crippen LogP contribution is -2.52. The van der Waals surface area contributed by atoms with Crippen LogP contribution in [0.2, 0.25) is 0 Å². The summed E-state index contributed by atoms with van der Waals surface area (Å²) in [6, 6.07) is 11.0. The maximum absolute atomic E-state index is 12.2. The van der Waals surface area contributed by atoms with Gasteiger partial charge in [0.1, 0.15) is 0 Å². The normalized spacial score (nSPS) is 22.0. The molecule has 0 aromatic heterocycles. The van der Waals surface area contributed by atoms with Crippen molar-refractivity contribution in [3.05, 3.63) is 35.9 Å². The fourth-order valence-corrected chi connectivity index (χ4v) is 3.22. The predicted octanol–water partition coefficient (Wildman–Crippen LogP) is 3.08. The number of nitrogens with zero attached hydrogens (tertiary/aromatic N) is 2. The van der Waals surface area contributed by atoms with Gasteiger partial charge in [-0.15, -0.1) is 24.8 Å². The fraction of sp³-hybridized carbons (Fsp3) is 0.611. The Morgan fingerprint density at radius 2 is 1.96 bits per heavy atom. The Morgan fingerprint density at radius 1 is 1.33 bits per heavy atom. The van der Waals surface area contributed by atoms with Gasteiger partial charge in [-0.3, -0.25) is 9.69 Å². The van der Waals surface area contributed by atoms with Crippen LogP contribution in [0.5, 0.6) is 0 Å². The lowest BCUT2D eigenvalue weighted by Gasteiger charge is -2.41. The molecule has 2 rings (SSSR count). The van der Waals surface area contributed by atoms with Crippen LogP contribution in [-0.4, -0.2) is 47.4 Å². The predicted molar refractivity (Wildman–Crippen MR) is 105 cm³/mol. The number of carbonyl (C=O) groups is 1. The van der Waals surface area contributed by atoms with Crippen LogP contribution in [0.3, 0.4) is 0 Å². The monoisotopic (exact) mass is 375 g/mol. The molecule has 0 aliphatic carbocycles. The summed E-state index contributed by atoms with van der Waals surface area (Å²) >= 11 is 0. The smallest absolute Gasteiger partial charge is 0.239 e. The van der Waals surface area contributed by atoms with E-state index in [1.165, 1.54) is 5.56 Å². The van der Waals surface area contributed by atoms with Gasteiger partial charge in [0.15, 0.2) is 0 Å². The highest BCUT2D eigenvalue weighted by Crippen LogP contribution is 2.23. The highest BCUT2D eigenvalue weighted by Gasteiger charge is 2.31. The summed E-state index contributed by atoms with van der Waals surface area (Å²) in [6.07, 6.45) is 2.74. The average Bonchev–Trinajstić information content (AvgIpc) is 2.55. The molecule has 1 amide bonds. The molecular weight excluding hydrogens is 345 g/mol. The molecule has 0 bridgehead atoms. The molecule has 1 fully saturated rings. The van der Waals surface area contributed by atoms with E-state index >= 15 is 0 Å². The Kier molecular flexibility index (Phi) is 10.6. The second-order valence-electron chi connectivity index (χ2n) is 6.45. The molecule has 0 radical (unpaired) electrons. The molecule has 1 aliphatic heterocycles. The maximum atomic E-state index is 12.2. The number of benzene rings is 1. The minimum atomic E-state index is -0.359. The zero-order valence-electron chi connectivity index (χ0n) is 14.9. The van der Waals surface area contributed by atoms with Crippen molar-refractivity contribution in [1.82, 2.24) is 9.80 Å². The summed E-state index contributed by atoms with van der Waals surface area (Å²) in [5.74, 6) is 0.0798. The van der Waals surface area contributed by atoms with E-state index in [9.17, 15) is 4.79 Å². The summed E-state index contributed by atoms with van der Waals surface area (Å²) in [6.45, 7) is 6.23. The minimum Gasteiger partial charge on any atom is -0.341 e. The van der Waals surface area contributed by atoms with E-state index in [2.05, 4.69) is 42.2 Å². The van der Waals surface area contributed by atoms with Crippen molar-refractivity contribution in [2.24, 2.45) is 5.73 Å². The molecule has 24 heavy (non-hydrogen) atoms. The Morgan fingerprint density at radius 3 is 2.50 bits per heavy atom. The number of piperidine rings is 1. The molecule has 4 nitrogen and oxygen atoms in total. The first kappa shape index (κ1) is 23.2. The third-order valence-electron chi connectivity index (χ3n) is 4.87. The average molecular weight is 376 g/mol. The number of hydrogen-bond donors (Lipinski definition) is 1. The summed E-state index contributed by atoms with van der Waals surface area (Å²) in [5.41, 5.74) is 7.24. The zero-order valence-corrected chi connectivity index (χ0v) is 16.5. The zero-order chi connectivity index (χ0) is 16.1. The number of amides is 1. The Balaban J connectivity index is 0.00000264. The van der Waals surface area contributed by atoms with Gasteiger partial charge in [-0.2, -0.15) is 0 Å². The molecule has 138 valence electrons. The van der Waals surface area contributed by atoms with Crippen LogP contribution in [0.1, 0.15) is 38.7 Å². The molecule has 1 aromatic carbocycles. The van der Waals surface area contributed by atoms with Crippen LogP contribution >= 0.6 is 24.8 Å². The minimum absolute atomic E-state index is 0. The Hall–Kier alpha value is -0.810. The molecule has 0 spiro atoms. The van der Waals surface area contributed by atoms with Crippen molar-refractivity contribution in [3.8, 4) is 0 Å². The Bertz CT molecular complexity index is 486. The molecule has 2 N–H and O–H groups in total. The molecule has 3 atom stereocenters. The van der Waals surface area contributed by atoms with Crippen LogP contribution < -0.4 is 5.73 Å². The second kappa shape index (κ2) is 10.9. The number of rotatable bonds is 5. The maximum Gasteiger partial charge on any atom is 0.239 e. The summed E-state index contributed by atoms with van der Waals surface area (Å²) in [7, 11) is 1.90. The largest absolute Gasteiger partial charge is 0.341 e. The summed E-state index contributed by atoms with van der Waals surface area (Å²) < 4.78 is 0. The van der Waals surface area contributed by atoms with Crippen LogP contribution in [0, 0.1) is 0 Å². The molecule has 1 aromatic rings. The van der Waals surface area contributed by atoms with Crippen LogP contribution in [0.15, 0.2) is 30.3 Å². The lowest BCUT2D eigenvalue weighted by molar-refractivity contribution is -0.134. The third-order valence-corrected chi connectivity index (χ3v) is 4.87. The third kappa shape index (κ3) is 5.92. The SMILES string of the molecule is CC[C@H](N)C(=O)N(C)C1CCN(Cc2ccccc2)C(C)C1.Cl.Cl. The lowest BCUT2D eigenvalue weighted by atomic mass is 9.96. The van der Waals surface area contributed by atoms with Gasteiger partial charge < -0.3 is 10.6 Å². The Labute approximate surface area is 158 Å². The van der Waals surface area contributed by atoms with Crippen molar-refractivity contribution in [2.45, 2.75) is 57.8 Å². The molecule has 1 aliphatic rings. The number of nitrogens with two attached hydrogens (primary N) is 1. The number of hydrogen-bond acceptors (Lipinski definition) is 3. The van der Waals surface area contributed by atoms with Gasteiger partial charge in [0, 0.05) is 32.2 Å². The fourth-order valence-electron chi connectivity index (χ4n) is 3.22. The van der Waals surface area contributed by atoms with Crippen molar-refractivity contribution >= 4 is 30.7 Å². The van der Waals surface area contributed by atoms with Crippen molar-refractivity contribution in [1.29, 1.82) is 0 Å². The summed E-state index contributed by atoms with van der Waals surface area (Å²) in [4.78, 5) is 16.6. The van der Waals surface area contributed by atoms with Gasteiger partial charge in [0.25, 0.3) is 0 Å². The van der Waals surface area contributed by atoms with E-state index in [1.54, 1.807) is 0 Å². The van der Waals surface area contributed by atoms with Gasteiger partial charge in [-0.1, -0.05) is 37.3 Å². The summed E-state index contributed by atoms with van der Waals surface area (Å²) in [5, 5.41) is 0. The van der Waals surface area contributed by atoms with Crippen LogP contribution in [0.25, 0.3) is 0 Å². The first-order valence-corrected chi connectivity index (χ1v) is 8.33. The van der Waals surface area contributed by atoms with E-state index in [0.717, 1.165) is 25.9 Å². The van der Waals surface area contributed by atoms with Gasteiger partial charge in [0.2, 0.25) is 5.91 Å². The first-order chi connectivity index (χ1) is 10.5. The van der Waals surface area contributed by atoms with E-state index in [0.29, 0.717) is 18.5 Å². The number of likely N-dealkylation sites (N-methyl/N-ethyl adjacent to an activating group) is 1. The van der Waals surface area contributed by atoms with Crippen LogP contribution in [-0.2, 0) is 11.3 Å². The molecule has 1 heterocycles. The molecule has 6 heteroatoms. The number of likely N-dealkylation sites (tertiary alicyclic amines) is 1. The molecular formula is C18H31Cl2N3O. The van der Waals surface area contributed by atoms with Gasteiger partial charge in [-0.05, 0) is 31.7 Å². The van der Waals surface area contributed by atoms with Crippen molar-refractivity contribution in [3.63, 3.8) is 0 Å². The van der Waals surface area contributed by atoms with Gasteiger partial charge >= 0.3 is 0 Å². The van der Waals surface area contributed by atoms with Crippen molar-refractivity contribution in [2.75, 3.05) is 13.6 Å². The van der Waals surface area contributed by atoms with Gasteiger partial charge in [0.05, 0.1) is 6.04 Å². The number of halogens is 2. The van der Waals surface area contributed by atoms with E-state index < -0.39 is 0 Å². The van der Waals surface area contributed by atoms with Gasteiger partial charge in [-0.25, -0.2) is 0 Å². The van der Waals surface area contributed by atoms with E-state index in [-0.39, 0.29) is 36.8 Å². The molecule has 2 unspecified atom stereocenters. The quantitative estimate of drug-likeness (QED) is 0.859. The first-order valence-electron chi connectivity index (χ1n) is 8.33. The molecule has 1 saturated heterocycles. The number of carbonyl (C=O) groups excluding carboxylic acids is 1. The second-order valence-corrected chi connectivity index (χ2v) is 6.45.